The average molecular weight is 173 g/mol. The van der Waals surface area contributed by atoms with Gasteiger partial charge in [-0.05, 0) is 13.0 Å². The summed E-state index contributed by atoms with van der Waals surface area (Å²) in [6.45, 7) is 1.47. The third kappa shape index (κ3) is 2.08. The van der Waals surface area contributed by atoms with Crippen molar-refractivity contribution in [1.29, 1.82) is 0 Å². The molecule has 1 aromatic heterocycles. The van der Waals surface area contributed by atoms with Crippen molar-refractivity contribution in [3.05, 3.63) is 35.4 Å². The molecule has 0 aromatic carbocycles. The molecule has 1 aromatic rings. The average Bonchev–Trinajstić information content (AvgIpc) is 1.96. The normalized spacial score (nSPS) is 9.67. The van der Waals surface area contributed by atoms with Crippen LogP contribution in [0.1, 0.15) is 11.3 Å². The van der Waals surface area contributed by atoms with Crippen molar-refractivity contribution in [2.75, 3.05) is 0 Å². The maximum absolute atomic E-state index is 12.7. The molecule has 0 N–H and O–H groups in total. The quantitative estimate of drug-likeness (QED) is 0.636. The molecule has 0 atom stereocenters. The van der Waals surface area contributed by atoms with Crippen molar-refractivity contribution in [3.8, 4) is 0 Å². The fourth-order valence-electron chi connectivity index (χ4n) is 0.726. The molecule has 12 heavy (non-hydrogen) atoms. The first kappa shape index (κ1) is 8.77. The van der Waals surface area contributed by atoms with Gasteiger partial charge in [-0.3, -0.25) is 4.98 Å². The van der Waals surface area contributed by atoms with Crippen LogP contribution in [0.15, 0.2) is 18.3 Å². The van der Waals surface area contributed by atoms with E-state index in [1.54, 1.807) is 0 Å². The van der Waals surface area contributed by atoms with E-state index < -0.39 is 11.9 Å². The van der Waals surface area contributed by atoms with E-state index in [0.717, 1.165) is 6.07 Å². The number of hydrogen-bond acceptors (Lipinski definition) is 1. The van der Waals surface area contributed by atoms with Gasteiger partial charge >= 0.3 is 0 Å². The molecule has 0 aliphatic carbocycles. The second-order valence-corrected chi connectivity index (χ2v) is 2.27. The van der Waals surface area contributed by atoms with Crippen molar-refractivity contribution in [1.82, 2.24) is 4.98 Å². The summed E-state index contributed by atoms with van der Waals surface area (Å²) in [4.78, 5) is 3.58. The Morgan fingerprint density at radius 1 is 1.50 bits per heavy atom. The van der Waals surface area contributed by atoms with Gasteiger partial charge in [-0.2, -0.15) is 8.78 Å². The first-order valence-corrected chi connectivity index (χ1v) is 3.24. The van der Waals surface area contributed by atoms with E-state index in [2.05, 4.69) is 4.98 Å². The molecular weight excluding hydrogens is 167 g/mol. The Morgan fingerprint density at radius 2 is 2.17 bits per heavy atom. The monoisotopic (exact) mass is 173 g/mol. The summed E-state index contributed by atoms with van der Waals surface area (Å²) in [5.41, 5.74) is 0.268. The molecule has 1 nitrogen and oxygen atoms in total. The molecule has 1 rings (SSSR count). The highest BCUT2D eigenvalue weighted by Crippen LogP contribution is 2.10. The standard InChI is InChI=1S/C8H6F3N/c1-5-7(9)2-6(4-12-5)3-8(10)11/h2-4H,1H3. The zero-order valence-corrected chi connectivity index (χ0v) is 6.31. The van der Waals surface area contributed by atoms with Crippen molar-refractivity contribution >= 4 is 6.08 Å². The Bertz CT molecular complexity index is 316. The molecule has 0 aliphatic rings. The second-order valence-electron chi connectivity index (χ2n) is 2.27. The van der Waals surface area contributed by atoms with Crippen LogP contribution in [0.5, 0.6) is 0 Å². The molecule has 0 aliphatic heterocycles. The highest BCUT2D eigenvalue weighted by atomic mass is 19.3. The number of nitrogens with zero attached hydrogens (tertiary/aromatic N) is 1. The lowest BCUT2D eigenvalue weighted by molar-refractivity contribution is 0.429. The molecule has 0 spiro atoms. The van der Waals surface area contributed by atoms with E-state index in [0.29, 0.717) is 6.08 Å². The van der Waals surface area contributed by atoms with Crippen molar-refractivity contribution in [3.63, 3.8) is 0 Å². The Balaban J connectivity index is 3.05. The van der Waals surface area contributed by atoms with E-state index in [1.807, 2.05) is 0 Å². The minimum absolute atomic E-state index is 0.0677. The predicted molar refractivity (Wildman–Crippen MR) is 39.1 cm³/mol. The van der Waals surface area contributed by atoms with Crippen molar-refractivity contribution in [2.24, 2.45) is 0 Å². The third-order valence-electron chi connectivity index (χ3n) is 1.32. The lowest BCUT2D eigenvalue weighted by atomic mass is 10.2. The Kier molecular flexibility index (Phi) is 2.47. The zero-order chi connectivity index (χ0) is 9.14. The summed E-state index contributed by atoms with van der Waals surface area (Å²) in [6.07, 6.45) is -0.104. The second kappa shape index (κ2) is 3.38. The Hall–Kier alpha value is -1.32. The van der Waals surface area contributed by atoms with Gasteiger partial charge in [0.25, 0.3) is 6.08 Å². The van der Waals surface area contributed by atoms with Gasteiger partial charge in [-0.25, -0.2) is 4.39 Å². The summed E-state index contributed by atoms with van der Waals surface area (Å²) < 4.78 is 36.0. The lowest BCUT2D eigenvalue weighted by Crippen LogP contribution is -1.87. The van der Waals surface area contributed by atoms with Gasteiger partial charge in [-0.1, -0.05) is 0 Å². The van der Waals surface area contributed by atoms with E-state index in [4.69, 9.17) is 0 Å². The summed E-state index contributed by atoms with van der Waals surface area (Å²) in [5, 5.41) is 0. The molecule has 0 saturated carbocycles. The maximum atomic E-state index is 12.7. The Labute approximate surface area is 67.6 Å². The summed E-state index contributed by atoms with van der Waals surface area (Å²) in [5.74, 6) is -0.579. The van der Waals surface area contributed by atoms with Crippen LogP contribution in [-0.2, 0) is 0 Å². The fourth-order valence-corrected chi connectivity index (χ4v) is 0.726. The molecular formula is C8H6F3N. The highest BCUT2D eigenvalue weighted by molar-refractivity contribution is 5.48. The lowest BCUT2D eigenvalue weighted by Gasteiger charge is -1.95. The van der Waals surface area contributed by atoms with Gasteiger partial charge in [0.15, 0.2) is 0 Å². The number of halogens is 3. The SMILES string of the molecule is Cc1ncc(C=C(F)F)cc1F. The van der Waals surface area contributed by atoms with Crippen LogP contribution in [0.2, 0.25) is 0 Å². The molecule has 0 bridgehead atoms. The molecule has 0 unspecified atom stereocenters. The summed E-state index contributed by atoms with van der Waals surface area (Å²) in [6, 6.07) is 1.02. The van der Waals surface area contributed by atoms with E-state index in [9.17, 15) is 13.2 Å². The van der Waals surface area contributed by atoms with Crippen LogP contribution in [0.4, 0.5) is 13.2 Å². The van der Waals surface area contributed by atoms with Crippen LogP contribution in [0, 0.1) is 12.7 Å². The first-order chi connectivity index (χ1) is 5.59. The third-order valence-corrected chi connectivity index (χ3v) is 1.32. The minimum Gasteiger partial charge on any atom is -0.258 e. The van der Waals surface area contributed by atoms with E-state index in [1.165, 1.54) is 13.1 Å². The smallest absolute Gasteiger partial charge is 0.258 e. The van der Waals surface area contributed by atoms with Crippen LogP contribution >= 0.6 is 0 Å². The number of pyridine rings is 1. The van der Waals surface area contributed by atoms with Crippen LogP contribution in [0.25, 0.3) is 6.08 Å². The summed E-state index contributed by atoms with van der Waals surface area (Å²) in [7, 11) is 0. The van der Waals surface area contributed by atoms with Gasteiger partial charge in [0.2, 0.25) is 0 Å². The van der Waals surface area contributed by atoms with Crippen molar-refractivity contribution in [2.45, 2.75) is 6.92 Å². The number of aromatic nitrogens is 1. The zero-order valence-electron chi connectivity index (χ0n) is 6.31. The summed E-state index contributed by atoms with van der Waals surface area (Å²) >= 11 is 0. The predicted octanol–water partition coefficient (Wildman–Crippen LogP) is 2.77. The number of rotatable bonds is 1. The maximum Gasteiger partial charge on any atom is 0.270 e. The minimum atomic E-state index is -1.86. The molecule has 0 amide bonds. The van der Waals surface area contributed by atoms with Crippen molar-refractivity contribution < 1.29 is 13.2 Å². The molecule has 0 fully saturated rings. The van der Waals surface area contributed by atoms with Gasteiger partial charge in [0, 0.05) is 17.8 Å². The topological polar surface area (TPSA) is 12.9 Å². The first-order valence-electron chi connectivity index (χ1n) is 3.24. The molecule has 0 radical (unpaired) electrons. The van der Waals surface area contributed by atoms with Gasteiger partial charge in [-0.15, -0.1) is 0 Å². The molecule has 0 saturated heterocycles. The van der Waals surface area contributed by atoms with E-state index in [-0.39, 0.29) is 11.3 Å². The molecule has 64 valence electrons. The van der Waals surface area contributed by atoms with Gasteiger partial charge in [0.1, 0.15) is 5.82 Å². The largest absolute Gasteiger partial charge is 0.270 e. The number of aryl methyl sites for hydroxylation is 1. The van der Waals surface area contributed by atoms with Crippen LogP contribution in [0.3, 0.4) is 0 Å². The van der Waals surface area contributed by atoms with Gasteiger partial charge < -0.3 is 0 Å². The molecule has 1 heterocycles. The molecule has 4 heteroatoms. The Morgan fingerprint density at radius 3 is 2.67 bits per heavy atom. The van der Waals surface area contributed by atoms with Crippen LogP contribution in [-0.4, -0.2) is 4.98 Å². The van der Waals surface area contributed by atoms with E-state index >= 15 is 0 Å². The number of hydrogen-bond donors (Lipinski definition) is 0. The van der Waals surface area contributed by atoms with Crippen LogP contribution < -0.4 is 0 Å². The fraction of sp³-hybridized carbons (Fsp3) is 0.125. The van der Waals surface area contributed by atoms with Gasteiger partial charge in [0.05, 0.1) is 5.69 Å². The highest BCUT2D eigenvalue weighted by Gasteiger charge is 1.99.